The zero-order valence-electron chi connectivity index (χ0n) is 27.1. The summed E-state index contributed by atoms with van der Waals surface area (Å²) in [6, 6.07) is 5.78. The Morgan fingerprint density at radius 2 is 2.00 bits per heavy atom. The Kier molecular flexibility index (Phi) is 8.64. The molecule has 2 aliphatic rings. The lowest BCUT2D eigenvalue weighted by atomic mass is 9.95. The van der Waals surface area contributed by atoms with Gasteiger partial charge in [-0.05, 0) is 49.9 Å². The molecule has 0 unspecified atom stereocenters. The third-order valence-corrected chi connectivity index (χ3v) is 9.24. The number of nitrogens with zero attached hydrogens (tertiary/aromatic N) is 5. The number of methoxy groups -OCH3 is 2. The van der Waals surface area contributed by atoms with Crippen molar-refractivity contribution in [2.45, 2.75) is 44.4 Å². The third kappa shape index (κ3) is 5.83. The number of aryl methyl sites for hydroxylation is 1. The number of nitrogens with one attached hydrogen (secondary N) is 1. The summed E-state index contributed by atoms with van der Waals surface area (Å²) in [5.41, 5.74) is -0.0932. The Labute approximate surface area is 279 Å². The molecule has 0 saturated carbocycles. The smallest absolute Gasteiger partial charge is 0.319 e. The molecule has 2 aromatic carbocycles. The Balaban J connectivity index is 1.41. The highest BCUT2D eigenvalue weighted by atomic mass is 19.1. The van der Waals surface area contributed by atoms with Crippen molar-refractivity contribution in [3.05, 3.63) is 59.0 Å². The van der Waals surface area contributed by atoms with Gasteiger partial charge in [0.2, 0.25) is 5.88 Å². The number of anilines is 1. The standard InChI is InChI=1S/C35H33F3N6O5/c1-5-24-26(37)8-7-20-11-23(48-18-45-3)12-25(27(20)24)30-29(38)31-28(33(41-30)46-4)32(39-14-21-15-40-49-19(21)2)43-34(42-31)47-17-35-9-6-10-44(35)16-22(36)13-35/h1,7-8,11-12,15,22H,6,9-10,13-14,16-18H2,2-4H3,(H,39,42,43)/t22-,35+/m1/s1. The third-order valence-electron chi connectivity index (χ3n) is 9.24. The first-order chi connectivity index (χ1) is 23.7. The number of aromatic nitrogens is 4. The number of hydrogen-bond acceptors (Lipinski definition) is 11. The molecule has 254 valence electrons. The number of ether oxygens (including phenoxy) is 4. The highest BCUT2D eigenvalue weighted by molar-refractivity contribution is 6.04. The molecule has 0 bridgehead atoms. The first-order valence-electron chi connectivity index (χ1n) is 15.7. The summed E-state index contributed by atoms with van der Waals surface area (Å²) in [5, 5.41) is 7.89. The summed E-state index contributed by atoms with van der Waals surface area (Å²) in [6.45, 7) is 3.11. The number of hydrogen-bond donors (Lipinski definition) is 1. The second-order valence-corrected chi connectivity index (χ2v) is 12.2. The van der Waals surface area contributed by atoms with Crippen LogP contribution in [0.15, 0.2) is 35.0 Å². The second kappa shape index (κ2) is 13.1. The van der Waals surface area contributed by atoms with Crippen LogP contribution in [-0.4, -0.2) is 77.4 Å². The molecule has 7 rings (SSSR count). The van der Waals surface area contributed by atoms with E-state index < -0.39 is 23.3 Å². The van der Waals surface area contributed by atoms with Gasteiger partial charge in [0, 0.05) is 43.1 Å². The molecule has 0 radical (unpaired) electrons. The Hall–Kier alpha value is -5.13. The van der Waals surface area contributed by atoms with Crippen LogP contribution in [0.5, 0.6) is 17.6 Å². The molecule has 0 amide bonds. The van der Waals surface area contributed by atoms with Gasteiger partial charge in [-0.25, -0.2) is 18.2 Å². The number of benzene rings is 2. The lowest BCUT2D eigenvalue weighted by molar-refractivity contribution is 0.0512. The highest BCUT2D eigenvalue weighted by Crippen LogP contribution is 2.43. The number of fused-ring (bicyclic) bond motifs is 3. The van der Waals surface area contributed by atoms with Crippen molar-refractivity contribution in [2.24, 2.45) is 0 Å². The zero-order valence-corrected chi connectivity index (χ0v) is 27.1. The van der Waals surface area contributed by atoms with E-state index >= 15 is 8.78 Å². The largest absolute Gasteiger partial charge is 0.480 e. The maximum absolute atomic E-state index is 17.1. The van der Waals surface area contributed by atoms with Gasteiger partial charge in [-0.15, -0.1) is 6.42 Å². The molecule has 11 nitrogen and oxygen atoms in total. The van der Waals surface area contributed by atoms with Crippen LogP contribution in [-0.2, 0) is 11.3 Å². The van der Waals surface area contributed by atoms with Crippen LogP contribution in [0.4, 0.5) is 19.0 Å². The molecule has 49 heavy (non-hydrogen) atoms. The highest BCUT2D eigenvalue weighted by Gasteiger charge is 2.49. The van der Waals surface area contributed by atoms with Crippen molar-refractivity contribution in [3.63, 3.8) is 0 Å². The van der Waals surface area contributed by atoms with Crippen molar-refractivity contribution in [1.29, 1.82) is 0 Å². The first kappa shape index (κ1) is 32.4. The topological polar surface area (TPSA) is 117 Å². The minimum absolute atomic E-state index is 0.0193. The van der Waals surface area contributed by atoms with E-state index in [1.165, 1.54) is 32.4 Å². The Bertz CT molecular complexity index is 2100. The van der Waals surface area contributed by atoms with Crippen LogP contribution in [0.3, 0.4) is 0 Å². The number of alkyl halides is 1. The van der Waals surface area contributed by atoms with E-state index in [9.17, 15) is 4.39 Å². The van der Waals surface area contributed by atoms with Gasteiger partial charge >= 0.3 is 6.01 Å². The van der Waals surface area contributed by atoms with Gasteiger partial charge in [-0.2, -0.15) is 9.97 Å². The van der Waals surface area contributed by atoms with Gasteiger partial charge in [-0.3, -0.25) is 4.90 Å². The van der Waals surface area contributed by atoms with Crippen molar-refractivity contribution >= 4 is 27.5 Å². The van der Waals surface area contributed by atoms with Crippen LogP contribution in [0.1, 0.15) is 36.1 Å². The summed E-state index contributed by atoms with van der Waals surface area (Å²) in [7, 11) is 2.84. The van der Waals surface area contributed by atoms with E-state index in [2.05, 4.69) is 36.2 Å². The summed E-state index contributed by atoms with van der Waals surface area (Å²) in [6.07, 6.45) is 8.37. The number of terminal acetylenes is 1. The van der Waals surface area contributed by atoms with Gasteiger partial charge in [-0.1, -0.05) is 17.1 Å². The minimum Gasteiger partial charge on any atom is -0.480 e. The van der Waals surface area contributed by atoms with Gasteiger partial charge in [0.15, 0.2) is 12.6 Å². The normalized spacial score (nSPS) is 18.9. The number of halogens is 3. The van der Waals surface area contributed by atoms with E-state index in [-0.39, 0.29) is 70.8 Å². The van der Waals surface area contributed by atoms with E-state index in [1.807, 2.05) is 0 Å². The predicted molar refractivity (Wildman–Crippen MR) is 174 cm³/mol. The molecular formula is C35H33F3N6O5. The molecule has 14 heteroatoms. The average molecular weight is 675 g/mol. The summed E-state index contributed by atoms with van der Waals surface area (Å²) < 4.78 is 74.5. The number of pyridine rings is 1. The maximum atomic E-state index is 17.1. The molecular weight excluding hydrogens is 641 g/mol. The lowest BCUT2D eigenvalue weighted by Crippen LogP contribution is -2.43. The molecule has 0 spiro atoms. The summed E-state index contributed by atoms with van der Waals surface area (Å²) in [5.74, 6) is 1.91. The zero-order chi connectivity index (χ0) is 34.3. The van der Waals surface area contributed by atoms with Gasteiger partial charge in [0.05, 0.1) is 24.4 Å². The van der Waals surface area contributed by atoms with Crippen LogP contribution in [0.25, 0.3) is 32.9 Å². The first-order valence-corrected chi connectivity index (χ1v) is 15.7. The molecule has 2 aliphatic heterocycles. The molecule has 2 atom stereocenters. The van der Waals surface area contributed by atoms with Gasteiger partial charge in [0.25, 0.3) is 0 Å². The fraction of sp³-hybridized carbons (Fsp3) is 0.371. The Morgan fingerprint density at radius 1 is 1.14 bits per heavy atom. The fourth-order valence-electron chi connectivity index (χ4n) is 6.91. The van der Waals surface area contributed by atoms with Crippen LogP contribution in [0.2, 0.25) is 0 Å². The fourth-order valence-corrected chi connectivity index (χ4v) is 6.91. The van der Waals surface area contributed by atoms with E-state index in [0.29, 0.717) is 29.9 Å². The summed E-state index contributed by atoms with van der Waals surface area (Å²) in [4.78, 5) is 15.8. The van der Waals surface area contributed by atoms with Crippen molar-refractivity contribution in [2.75, 3.05) is 46.0 Å². The number of rotatable bonds is 11. The molecule has 5 aromatic rings. The molecule has 1 N–H and O–H groups in total. The predicted octanol–water partition coefficient (Wildman–Crippen LogP) is 5.96. The molecule has 2 saturated heterocycles. The van der Waals surface area contributed by atoms with Crippen molar-refractivity contribution in [1.82, 2.24) is 25.0 Å². The van der Waals surface area contributed by atoms with Crippen LogP contribution in [0, 0.1) is 30.9 Å². The quantitative estimate of drug-likeness (QED) is 0.132. The molecule has 5 heterocycles. The molecule has 3 aromatic heterocycles. The van der Waals surface area contributed by atoms with Crippen LogP contribution >= 0.6 is 0 Å². The van der Waals surface area contributed by atoms with Crippen LogP contribution < -0.4 is 19.5 Å². The average Bonchev–Trinajstić information content (AvgIpc) is 3.78. The molecule has 2 fully saturated rings. The van der Waals surface area contributed by atoms with Crippen molar-refractivity contribution < 1.29 is 36.6 Å². The van der Waals surface area contributed by atoms with Gasteiger partial charge < -0.3 is 28.8 Å². The van der Waals surface area contributed by atoms with E-state index in [0.717, 1.165) is 24.9 Å². The van der Waals surface area contributed by atoms with E-state index in [1.54, 1.807) is 19.2 Å². The van der Waals surface area contributed by atoms with Crippen molar-refractivity contribution in [3.8, 4) is 41.2 Å². The van der Waals surface area contributed by atoms with E-state index in [4.69, 9.17) is 29.9 Å². The minimum atomic E-state index is -0.961. The summed E-state index contributed by atoms with van der Waals surface area (Å²) >= 11 is 0. The maximum Gasteiger partial charge on any atom is 0.319 e. The lowest BCUT2D eigenvalue weighted by Gasteiger charge is -2.30. The Morgan fingerprint density at radius 3 is 2.76 bits per heavy atom. The second-order valence-electron chi connectivity index (χ2n) is 12.2. The molecule has 0 aliphatic carbocycles. The monoisotopic (exact) mass is 674 g/mol. The SMILES string of the molecule is C#Cc1c(F)ccc2cc(OCOC)cc(-c3nc(OC)c4c(NCc5cnoc5C)nc(OC[C@@]56CCCN5C[C@H](F)C6)nc4c3F)c12. The van der Waals surface area contributed by atoms with Gasteiger partial charge in [0.1, 0.15) is 52.5 Å².